The Balaban J connectivity index is 2.11. The lowest BCUT2D eigenvalue weighted by molar-refractivity contribution is -0.140. The van der Waals surface area contributed by atoms with Crippen LogP contribution in [0, 0.1) is 13.8 Å². The molecule has 2 amide bonds. The zero-order valence-electron chi connectivity index (χ0n) is 24.0. The van der Waals surface area contributed by atoms with Crippen molar-refractivity contribution in [3.05, 3.63) is 93.5 Å². The fraction of sp³-hybridized carbons (Fsp3) is 0.355. The summed E-state index contributed by atoms with van der Waals surface area (Å²) in [7, 11) is -4.14. The summed E-state index contributed by atoms with van der Waals surface area (Å²) in [6, 6.07) is 17.3. The lowest BCUT2D eigenvalue weighted by Gasteiger charge is -2.34. The number of anilines is 1. The van der Waals surface area contributed by atoms with E-state index >= 15 is 0 Å². The lowest BCUT2D eigenvalue weighted by Crippen LogP contribution is -2.53. The van der Waals surface area contributed by atoms with E-state index in [1.54, 1.807) is 48.5 Å². The van der Waals surface area contributed by atoms with Crippen molar-refractivity contribution in [2.45, 2.75) is 71.0 Å². The number of aryl methyl sites for hydroxylation is 1. The number of hydrogen-bond donors (Lipinski definition) is 1. The van der Waals surface area contributed by atoms with Gasteiger partial charge in [-0.05, 0) is 80.6 Å². The molecule has 0 bridgehead atoms. The van der Waals surface area contributed by atoms with Gasteiger partial charge in [0.1, 0.15) is 12.6 Å². The number of carbonyl (C=O) groups excluding carboxylic acids is 2. The summed E-state index contributed by atoms with van der Waals surface area (Å²) in [6.45, 7) is 8.85. The van der Waals surface area contributed by atoms with E-state index in [1.165, 1.54) is 17.0 Å². The summed E-state index contributed by atoms with van der Waals surface area (Å²) < 4.78 is 29.1. The van der Waals surface area contributed by atoms with Gasteiger partial charge in [-0.25, -0.2) is 8.42 Å². The molecule has 3 aromatic carbocycles. The molecule has 0 heterocycles. The Bertz CT molecular complexity index is 1480. The van der Waals surface area contributed by atoms with Crippen LogP contribution in [0.1, 0.15) is 50.3 Å². The molecule has 0 aliphatic carbocycles. The predicted octanol–water partition coefficient (Wildman–Crippen LogP) is 6.53. The topological polar surface area (TPSA) is 86.8 Å². The van der Waals surface area contributed by atoms with Gasteiger partial charge in [-0.3, -0.25) is 13.9 Å². The minimum Gasteiger partial charge on any atom is -0.352 e. The second-order valence-corrected chi connectivity index (χ2v) is 12.7. The Kier molecular flexibility index (Phi) is 11.2. The molecule has 0 spiro atoms. The van der Waals surface area contributed by atoms with Gasteiger partial charge in [0.25, 0.3) is 10.0 Å². The molecule has 10 heteroatoms. The Morgan fingerprint density at radius 3 is 2.22 bits per heavy atom. The van der Waals surface area contributed by atoms with Crippen molar-refractivity contribution in [3.8, 4) is 0 Å². The van der Waals surface area contributed by atoms with Crippen molar-refractivity contribution in [1.82, 2.24) is 10.2 Å². The molecule has 0 fully saturated rings. The van der Waals surface area contributed by atoms with E-state index in [-0.39, 0.29) is 23.4 Å². The van der Waals surface area contributed by atoms with Gasteiger partial charge >= 0.3 is 0 Å². The molecule has 0 aliphatic heterocycles. The number of rotatable bonds is 12. The first-order valence-corrected chi connectivity index (χ1v) is 15.8. The smallest absolute Gasteiger partial charge is 0.264 e. The summed E-state index contributed by atoms with van der Waals surface area (Å²) in [5.41, 5.74) is 2.59. The van der Waals surface area contributed by atoms with E-state index in [4.69, 9.17) is 23.2 Å². The van der Waals surface area contributed by atoms with E-state index in [1.807, 2.05) is 40.7 Å². The molecule has 0 radical (unpaired) electrons. The maximum atomic E-state index is 14.2. The number of carbonyl (C=O) groups is 2. The van der Waals surface area contributed by atoms with E-state index in [9.17, 15) is 18.0 Å². The maximum Gasteiger partial charge on any atom is 0.264 e. The fourth-order valence-electron chi connectivity index (χ4n) is 4.43. The van der Waals surface area contributed by atoms with Crippen LogP contribution in [-0.2, 0) is 26.2 Å². The second kappa shape index (κ2) is 14.2. The monoisotopic (exact) mass is 617 g/mol. The number of amides is 2. The highest BCUT2D eigenvalue weighted by molar-refractivity contribution is 7.92. The Hall–Kier alpha value is -3.07. The van der Waals surface area contributed by atoms with Crippen LogP contribution in [0.25, 0.3) is 0 Å². The van der Waals surface area contributed by atoms with Gasteiger partial charge in [0, 0.05) is 22.6 Å². The van der Waals surface area contributed by atoms with Crippen LogP contribution in [-0.4, -0.2) is 43.8 Å². The molecule has 2 atom stereocenters. The standard InChI is InChI=1S/C31H37Cl2N3O4S/c1-6-22(4)34-31(38)28(7-2)35(19-24-16-17-25(32)18-27(24)33)30(37)20-36(29-15-11-12-21(3)23(29)5)41(39,40)26-13-9-8-10-14-26/h8-18,22,28H,6-7,19-20H2,1-5H3,(H,34,38)/t22-,28+/m0/s1. The Labute approximate surface area is 253 Å². The zero-order valence-corrected chi connectivity index (χ0v) is 26.4. The van der Waals surface area contributed by atoms with Crippen molar-refractivity contribution < 1.29 is 18.0 Å². The lowest BCUT2D eigenvalue weighted by atomic mass is 10.1. The van der Waals surface area contributed by atoms with Crippen molar-refractivity contribution >= 4 is 50.7 Å². The first-order chi connectivity index (χ1) is 19.4. The maximum absolute atomic E-state index is 14.2. The van der Waals surface area contributed by atoms with E-state index in [0.717, 1.165) is 21.9 Å². The first kappa shape index (κ1) is 32.4. The number of hydrogen-bond acceptors (Lipinski definition) is 4. The molecule has 3 rings (SSSR count). The van der Waals surface area contributed by atoms with Crippen LogP contribution in [0.4, 0.5) is 5.69 Å². The third-order valence-electron chi connectivity index (χ3n) is 7.20. The fourth-order valence-corrected chi connectivity index (χ4v) is 6.39. The van der Waals surface area contributed by atoms with Gasteiger partial charge in [-0.1, -0.05) is 73.4 Å². The molecule has 0 aromatic heterocycles. The molecule has 0 saturated carbocycles. The minimum absolute atomic E-state index is 0.00665. The number of sulfonamides is 1. The van der Waals surface area contributed by atoms with Gasteiger partial charge in [-0.15, -0.1) is 0 Å². The van der Waals surface area contributed by atoms with Crippen LogP contribution >= 0.6 is 23.2 Å². The largest absolute Gasteiger partial charge is 0.352 e. The predicted molar refractivity (Wildman–Crippen MR) is 166 cm³/mol. The van der Waals surface area contributed by atoms with Crippen LogP contribution in [0.3, 0.4) is 0 Å². The summed E-state index contributed by atoms with van der Waals surface area (Å²) in [5, 5.41) is 3.75. The molecular weight excluding hydrogens is 581 g/mol. The van der Waals surface area contributed by atoms with Crippen molar-refractivity contribution in [2.75, 3.05) is 10.8 Å². The number of nitrogens with zero attached hydrogens (tertiary/aromatic N) is 2. The highest BCUT2D eigenvalue weighted by atomic mass is 35.5. The molecule has 7 nitrogen and oxygen atoms in total. The van der Waals surface area contributed by atoms with Crippen LogP contribution in [0.15, 0.2) is 71.6 Å². The first-order valence-electron chi connectivity index (χ1n) is 13.6. The molecular formula is C31H37Cl2N3O4S. The second-order valence-electron chi connectivity index (χ2n) is 10.0. The molecule has 41 heavy (non-hydrogen) atoms. The average molecular weight is 619 g/mol. The zero-order chi connectivity index (χ0) is 30.3. The van der Waals surface area contributed by atoms with E-state index in [2.05, 4.69) is 5.32 Å². The summed E-state index contributed by atoms with van der Waals surface area (Å²) >= 11 is 12.6. The average Bonchev–Trinajstić information content (AvgIpc) is 2.94. The number of halogens is 2. The molecule has 0 aliphatic rings. The van der Waals surface area contributed by atoms with Gasteiger partial charge in [0.05, 0.1) is 10.6 Å². The van der Waals surface area contributed by atoms with Gasteiger partial charge in [0.15, 0.2) is 0 Å². The molecule has 3 aromatic rings. The Morgan fingerprint density at radius 2 is 1.61 bits per heavy atom. The molecule has 220 valence electrons. The quantitative estimate of drug-likeness (QED) is 0.250. The van der Waals surface area contributed by atoms with Crippen LogP contribution in [0.2, 0.25) is 10.0 Å². The van der Waals surface area contributed by atoms with Gasteiger partial charge in [0.2, 0.25) is 11.8 Å². The third kappa shape index (κ3) is 7.82. The van der Waals surface area contributed by atoms with Crippen LogP contribution in [0.5, 0.6) is 0 Å². The van der Waals surface area contributed by atoms with Crippen molar-refractivity contribution in [1.29, 1.82) is 0 Å². The molecule has 0 unspecified atom stereocenters. The molecule has 0 saturated heterocycles. The van der Waals surface area contributed by atoms with Crippen molar-refractivity contribution in [3.63, 3.8) is 0 Å². The Morgan fingerprint density at radius 1 is 0.927 bits per heavy atom. The van der Waals surface area contributed by atoms with Crippen molar-refractivity contribution in [2.24, 2.45) is 0 Å². The normalized spacial score (nSPS) is 12.9. The third-order valence-corrected chi connectivity index (χ3v) is 9.56. The highest BCUT2D eigenvalue weighted by Crippen LogP contribution is 2.30. The summed E-state index contributed by atoms with van der Waals surface area (Å²) in [4.78, 5) is 29.1. The van der Waals surface area contributed by atoms with Crippen LogP contribution < -0.4 is 9.62 Å². The number of nitrogens with one attached hydrogen (secondary N) is 1. The minimum atomic E-state index is -4.14. The molecule has 1 N–H and O–H groups in total. The van der Waals surface area contributed by atoms with E-state index in [0.29, 0.717) is 27.7 Å². The summed E-state index contributed by atoms with van der Waals surface area (Å²) in [5.74, 6) is -0.855. The van der Waals surface area contributed by atoms with E-state index < -0.39 is 28.5 Å². The van der Waals surface area contributed by atoms with Gasteiger partial charge in [-0.2, -0.15) is 0 Å². The number of benzene rings is 3. The summed E-state index contributed by atoms with van der Waals surface area (Å²) in [6.07, 6.45) is 1.03. The SMILES string of the molecule is CC[C@H](C(=O)N[C@@H](C)CC)N(Cc1ccc(Cl)cc1Cl)C(=O)CN(c1cccc(C)c1C)S(=O)(=O)c1ccccc1. The highest BCUT2D eigenvalue weighted by Gasteiger charge is 2.34. The van der Waals surface area contributed by atoms with Gasteiger partial charge < -0.3 is 10.2 Å².